The van der Waals surface area contributed by atoms with Crippen molar-refractivity contribution in [2.45, 2.75) is 19.0 Å². The molecular weight excluding hydrogens is 357 g/mol. The van der Waals surface area contributed by atoms with Crippen LogP contribution in [-0.2, 0) is 12.6 Å². The summed E-state index contributed by atoms with van der Waals surface area (Å²) in [5.74, 6) is -0.240. The van der Waals surface area contributed by atoms with Crippen molar-refractivity contribution < 1.29 is 22.8 Å². The number of alkyl halides is 3. The lowest BCUT2D eigenvalue weighted by molar-refractivity contribution is -0.137. The lowest BCUT2D eigenvalue weighted by atomic mass is 10.2. The van der Waals surface area contributed by atoms with Gasteiger partial charge in [0.25, 0.3) is 5.91 Å². The Labute approximate surface area is 144 Å². The molecule has 10 heteroatoms. The molecule has 6 nitrogen and oxygen atoms in total. The summed E-state index contributed by atoms with van der Waals surface area (Å²) in [6.07, 6.45) is -3.13. The van der Waals surface area contributed by atoms with E-state index in [2.05, 4.69) is 20.9 Å². The van der Waals surface area contributed by atoms with Gasteiger partial charge in [-0.15, -0.1) is 0 Å². The van der Waals surface area contributed by atoms with Gasteiger partial charge in [0.15, 0.2) is 5.13 Å². The number of urea groups is 1. The molecule has 0 bridgehead atoms. The van der Waals surface area contributed by atoms with Crippen LogP contribution in [0.4, 0.5) is 28.8 Å². The zero-order chi connectivity index (χ0) is 18.0. The quantitative estimate of drug-likeness (QED) is 0.757. The minimum Gasteiger partial charge on any atom is -0.351 e. The highest BCUT2D eigenvalue weighted by Gasteiger charge is 2.30. The number of anilines is 2. The summed E-state index contributed by atoms with van der Waals surface area (Å²) in [6, 6.07) is 3.57. The molecule has 1 aliphatic rings. The van der Waals surface area contributed by atoms with Gasteiger partial charge in [0.2, 0.25) is 0 Å². The van der Waals surface area contributed by atoms with Crippen LogP contribution in [-0.4, -0.2) is 23.5 Å². The van der Waals surface area contributed by atoms with Crippen LogP contribution in [0, 0.1) is 0 Å². The number of fused-ring (bicyclic) bond motifs is 1. The first-order valence-corrected chi connectivity index (χ1v) is 8.18. The van der Waals surface area contributed by atoms with E-state index in [-0.39, 0.29) is 16.7 Å². The number of amides is 3. The first-order valence-electron chi connectivity index (χ1n) is 7.36. The highest BCUT2D eigenvalue weighted by atomic mass is 32.1. The normalized spacial score (nSPS) is 14.3. The Hall–Kier alpha value is -2.62. The first-order chi connectivity index (χ1) is 11.8. The van der Waals surface area contributed by atoms with Crippen LogP contribution in [0.5, 0.6) is 0 Å². The maximum absolute atomic E-state index is 12.7. The Bertz CT molecular complexity index is 819. The number of nitrogens with one attached hydrogen (secondary N) is 3. The van der Waals surface area contributed by atoms with Gasteiger partial charge in [-0.05, 0) is 31.0 Å². The zero-order valence-electron chi connectivity index (χ0n) is 12.7. The van der Waals surface area contributed by atoms with Crippen molar-refractivity contribution >= 4 is 34.1 Å². The van der Waals surface area contributed by atoms with Crippen molar-refractivity contribution in [1.29, 1.82) is 0 Å². The third kappa shape index (κ3) is 4.08. The summed E-state index contributed by atoms with van der Waals surface area (Å²) in [6.45, 7) is 0.570. The molecule has 0 saturated carbocycles. The molecule has 0 unspecified atom stereocenters. The largest absolute Gasteiger partial charge is 0.416 e. The molecule has 1 aromatic heterocycles. The second-order valence-electron chi connectivity index (χ2n) is 5.31. The zero-order valence-corrected chi connectivity index (χ0v) is 13.6. The summed E-state index contributed by atoms with van der Waals surface area (Å²) >= 11 is 1.03. The third-order valence-corrected chi connectivity index (χ3v) is 4.46. The molecule has 25 heavy (non-hydrogen) atoms. The molecule has 0 spiro atoms. The van der Waals surface area contributed by atoms with E-state index in [1.54, 1.807) is 0 Å². The van der Waals surface area contributed by atoms with Crippen molar-refractivity contribution in [2.24, 2.45) is 0 Å². The number of thiazole rings is 1. The van der Waals surface area contributed by atoms with Gasteiger partial charge in [0, 0.05) is 12.2 Å². The van der Waals surface area contributed by atoms with E-state index in [1.165, 1.54) is 12.1 Å². The molecule has 0 atom stereocenters. The Morgan fingerprint density at radius 2 is 2.08 bits per heavy atom. The number of aromatic nitrogens is 1. The predicted octanol–water partition coefficient (Wildman–Crippen LogP) is 3.48. The number of rotatable bonds is 2. The molecular formula is C15H13F3N4O2S. The minimum absolute atomic E-state index is 0.00295. The number of hydrogen-bond donors (Lipinski definition) is 3. The summed E-state index contributed by atoms with van der Waals surface area (Å²) < 4.78 is 38.0. The molecule has 2 aromatic rings. The number of benzene rings is 1. The van der Waals surface area contributed by atoms with E-state index in [1.807, 2.05) is 0 Å². The third-order valence-electron chi connectivity index (χ3n) is 3.45. The predicted molar refractivity (Wildman–Crippen MR) is 86.9 cm³/mol. The van der Waals surface area contributed by atoms with Crippen molar-refractivity contribution in [1.82, 2.24) is 10.3 Å². The number of hydrogen-bond acceptors (Lipinski definition) is 4. The van der Waals surface area contributed by atoms with Gasteiger partial charge >= 0.3 is 12.2 Å². The van der Waals surface area contributed by atoms with E-state index < -0.39 is 17.8 Å². The molecule has 132 valence electrons. The summed E-state index contributed by atoms with van der Waals surface area (Å²) in [5, 5.41) is 7.70. The summed E-state index contributed by atoms with van der Waals surface area (Å²) in [5.41, 5.74) is -0.250. The molecule has 2 heterocycles. The number of halogens is 3. The van der Waals surface area contributed by atoms with Gasteiger partial charge in [-0.1, -0.05) is 17.4 Å². The molecule has 0 saturated heterocycles. The molecule has 0 aliphatic carbocycles. The fourth-order valence-electron chi connectivity index (χ4n) is 2.32. The Balaban J connectivity index is 1.69. The summed E-state index contributed by atoms with van der Waals surface area (Å²) in [7, 11) is 0. The first kappa shape index (κ1) is 17.2. The van der Waals surface area contributed by atoms with Gasteiger partial charge in [-0.25, -0.2) is 9.78 Å². The maximum Gasteiger partial charge on any atom is 0.416 e. The van der Waals surface area contributed by atoms with Crippen molar-refractivity contribution in [3.8, 4) is 0 Å². The average molecular weight is 370 g/mol. The van der Waals surface area contributed by atoms with Gasteiger partial charge in [-0.3, -0.25) is 10.1 Å². The number of aryl methyl sites for hydroxylation is 1. The van der Waals surface area contributed by atoms with Crippen molar-refractivity contribution in [2.75, 3.05) is 17.2 Å². The molecule has 0 fully saturated rings. The van der Waals surface area contributed by atoms with Crippen LogP contribution in [0.2, 0.25) is 0 Å². The van der Waals surface area contributed by atoms with Gasteiger partial charge in [-0.2, -0.15) is 13.2 Å². The molecule has 3 rings (SSSR count). The van der Waals surface area contributed by atoms with E-state index in [9.17, 15) is 22.8 Å². The second kappa shape index (κ2) is 6.71. The van der Waals surface area contributed by atoms with Gasteiger partial charge < -0.3 is 10.6 Å². The number of carbonyl (C=O) groups is 2. The lowest BCUT2D eigenvalue weighted by Crippen LogP contribution is -2.21. The molecule has 3 N–H and O–H groups in total. The van der Waals surface area contributed by atoms with E-state index >= 15 is 0 Å². The van der Waals surface area contributed by atoms with Crippen LogP contribution >= 0.6 is 11.3 Å². The van der Waals surface area contributed by atoms with Crippen molar-refractivity contribution in [3.63, 3.8) is 0 Å². The highest BCUT2D eigenvalue weighted by Crippen LogP contribution is 2.31. The minimum atomic E-state index is -4.49. The Morgan fingerprint density at radius 3 is 2.84 bits per heavy atom. The van der Waals surface area contributed by atoms with Crippen molar-refractivity contribution in [3.05, 3.63) is 40.4 Å². The smallest absolute Gasteiger partial charge is 0.351 e. The van der Waals surface area contributed by atoms with E-state index in [4.69, 9.17) is 0 Å². The highest BCUT2D eigenvalue weighted by molar-refractivity contribution is 7.17. The second-order valence-corrected chi connectivity index (χ2v) is 6.31. The standard InChI is InChI=1S/C15H13F3N4O2S/c16-15(17,18)8-3-1-4-9(7-8)20-13(24)22-14-21-10-5-2-6-19-12(23)11(10)25-14/h1,3-4,7H,2,5-6H2,(H,19,23)(H2,20,21,22,24). The molecule has 1 aliphatic heterocycles. The number of nitrogens with zero attached hydrogens (tertiary/aromatic N) is 1. The van der Waals surface area contributed by atoms with Crippen LogP contribution in [0.1, 0.15) is 27.3 Å². The van der Waals surface area contributed by atoms with Crippen LogP contribution in [0.25, 0.3) is 0 Å². The average Bonchev–Trinajstić information content (AvgIpc) is 2.85. The number of carbonyl (C=O) groups excluding carboxylic acids is 2. The Kier molecular flexibility index (Phi) is 4.62. The fourth-order valence-corrected chi connectivity index (χ4v) is 3.25. The SMILES string of the molecule is O=C(Nc1cccc(C(F)(F)F)c1)Nc1nc2c(s1)C(=O)NCCC2. The van der Waals surface area contributed by atoms with Crippen LogP contribution in [0.15, 0.2) is 24.3 Å². The molecule has 3 amide bonds. The van der Waals surface area contributed by atoms with Gasteiger partial charge in [0.1, 0.15) is 4.88 Å². The lowest BCUT2D eigenvalue weighted by Gasteiger charge is -2.09. The van der Waals surface area contributed by atoms with Gasteiger partial charge in [0.05, 0.1) is 11.3 Å². The van der Waals surface area contributed by atoms with E-state index in [0.717, 1.165) is 29.9 Å². The summed E-state index contributed by atoms with van der Waals surface area (Å²) in [4.78, 5) is 28.5. The topological polar surface area (TPSA) is 83.1 Å². The van der Waals surface area contributed by atoms with Crippen LogP contribution < -0.4 is 16.0 Å². The Morgan fingerprint density at radius 1 is 1.28 bits per heavy atom. The van der Waals surface area contributed by atoms with Crippen LogP contribution in [0.3, 0.4) is 0 Å². The molecule has 0 radical (unpaired) electrons. The monoisotopic (exact) mass is 370 g/mol. The maximum atomic E-state index is 12.7. The fraction of sp³-hybridized carbons (Fsp3) is 0.267. The molecule has 1 aromatic carbocycles. The van der Waals surface area contributed by atoms with E-state index in [0.29, 0.717) is 23.5 Å².